The smallest absolute Gasteiger partial charge is 0.232 e. The quantitative estimate of drug-likeness (QED) is 0.735. The zero-order valence-corrected chi connectivity index (χ0v) is 12.8. The van der Waals surface area contributed by atoms with Crippen LogP contribution < -0.4 is 0 Å². The summed E-state index contributed by atoms with van der Waals surface area (Å²) in [5.74, 6) is 1.39. The van der Waals surface area contributed by atoms with Crippen molar-refractivity contribution in [1.29, 1.82) is 0 Å². The van der Waals surface area contributed by atoms with Gasteiger partial charge in [0, 0.05) is 18.0 Å². The molecule has 1 saturated carbocycles. The van der Waals surface area contributed by atoms with Crippen LogP contribution in [0.25, 0.3) is 17.0 Å². The second-order valence-corrected chi connectivity index (χ2v) is 5.62. The molecule has 0 spiro atoms. The standard InChI is InChI=1S/C15H17N5O2/c1-4-21-12-6-10(12)15-18-13(19-22-15)11-7-16-20-9(3)5-8(2)17-14(11)20/h5,7,10,12H,4,6H2,1-3H3/t10-,12+/m1/s1. The van der Waals surface area contributed by atoms with Crippen LogP contribution in [0.4, 0.5) is 0 Å². The zero-order valence-electron chi connectivity index (χ0n) is 12.8. The van der Waals surface area contributed by atoms with Gasteiger partial charge in [0.25, 0.3) is 0 Å². The molecule has 0 bridgehead atoms. The summed E-state index contributed by atoms with van der Waals surface area (Å²) in [6.07, 6.45) is 2.89. The molecule has 3 aromatic heterocycles. The van der Waals surface area contributed by atoms with Gasteiger partial charge in [-0.2, -0.15) is 10.1 Å². The van der Waals surface area contributed by atoms with E-state index >= 15 is 0 Å². The van der Waals surface area contributed by atoms with E-state index in [0.717, 1.165) is 29.0 Å². The number of nitrogens with zero attached hydrogens (tertiary/aromatic N) is 5. The monoisotopic (exact) mass is 299 g/mol. The number of aromatic nitrogens is 5. The number of hydrogen-bond acceptors (Lipinski definition) is 6. The Morgan fingerprint density at radius 1 is 1.36 bits per heavy atom. The highest BCUT2D eigenvalue weighted by molar-refractivity contribution is 5.72. The molecule has 7 nitrogen and oxygen atoms in total. The lowest BCUT2D eigenvalue weighted by Crippen LogP contribution is -1.97. The Labute approximate surface area is 127 Å². The van der Waals surface area contributed by atoms with Crippen LogP contribution in [0.15, 0.2) is 16.8 Å². The summed E-state index contributed by atoms with van der Waals surface area (Å²) >= 11 is 0. The molecule has 22 heavy (non-hydrogen) atoms. The van der Waals surface area contributed by atoms with Crippen molar-refractivity contribution in [2.24, 2.45) is 0 Å². The molecule has 1 aliphatic rings. The highest BCUT2D eigenvalue weighted by atomic mass is 16.5. The lowest BCUT2D eigenvalue weighted by molar-refractivity contribution is 0.125. The first-order valence-electron chi connectivity index (χ1n) is 7.45. The van der Waals surface area contributed by atoms with E-state index in [9.17, 15) is 0 Å². The number of rotatable bonds is 4. The van der Waals surface area contributed by atoms with Crippen LogP contribution >= 0.6 is 0 Å². The lowest BCUT2D eigenvalue weighted by Gasteiger charge is -2.00. The molecule has 0 saturated heterocycles. The molecule has 2 atom stereocenters. The Bertz CT molecular complexity index is 838. The summed E-state index contributed by atoms with van der Waals surface area (Å²) < 4.78 is 12.7. The Hall–Kier alpha value is -2.28. The Balaban J connectivity index is 1.70. The summed E-state index contributed by atoms with van der Waals surface area (Å²) in [5.41, 5.74) is 3.50. The van der Waals surface area contributed by atoms with E-state index in [1.165, 1.54) is 0 Å². The van der Waals surface area contributed by atoms with Gasteiger partial charge in [-0.05, 0) is 33.3 Å². The molecule has 3 heterocycles. The molecule has 0 aliphatic heterocycles. The van der Waals surface area contributed by atoms with Crippen molar-refractivity contribution < 1.29 is 9.26 Å². The molecule has 0 amide bonds. The van der Waals surface area contributed by atoms with E-state index in [2.05, 4.69) is 20.2 Å². The van der Waals surface area contributed by atoms with Crippen molar-refractivity contribution in [3.05, 3.63) is 29.5 Å². The fraction of sp³-hybridized carbons (Fsp3) is 0.467. The third-order valence-corrected chi connectivity index (χ3v) is 3.89. The average Bonchev–Trinajstić information content (AvgIpc) is 2.91. The van der Waals surface area contributed by atoms with Crippen LogP contribution in [0.3, 0.4) is 0 Å². The predicted octanol–water partition coefficient (Wildman–Crippen LogP) is 2.29. The Morgan fingerprint density at radius 2 is 2.23 bits per heavy atom. The minimum Gasteiger partial charge on any atom is -0.378 e. The van der Waals surface area contributed by atoms with Crippen molar-refractivity contribution in [3.63, 3.8) is 0 Å². The average molecular weight is 299 g/mol. The van der Waals surface area contributed by atoms with Crippen LogP contribution in [0.2, 0.25) is 0 Å². The van der Waals surface area contributed by atoms with E-state index < -0.39 is 0 Å². The van der Waals surface area contributed by atoms with Crippen LogP contribution in [0.5, 0.6) is 0 Å². The highest BCUT2D eigenvalue weighted by Crippen LogP contribution is 2.43. The number of aryl methyl sites for hydroxylation is 2. The predicted molar refractivity (Wildman–Crippen MR) is 78.5 cm³/mol. The normalized spacial score (nSPS) is 20.7. The first kappa shape index (κ1) is 13.4. The molecule has 114 valence electrons. The van der Waals surface area contributed by atoms with Gasteiger partial charge in [0.2, 0.25) is 11.7 Å². The molecule has 1 aliphatic carbocycles. The van der Waals surface area contributed by atoms with Gasteiger partial charge in [-0.1, -0.05) is 5.16 Å². The molecule has 3 aromatic rings. The molecule has 0 N–H and O–H groups in total. The second-order valence-electron chi connectivity index (χ2n) is 5.62. The number of hydrogen-bond donors (Lipinski definition) is 0. The van der Waals surface area contributed by atoms with Gasteiger partial charge < -0.3 is 9.26 Å². The molecule has 0 aromatic carbocycles. The van der Waals surface area contributed by atoms with Gasteiger partial charge in [0.05, 0.1) is 23.8 Å². The Kier molecular flexibility index (Phi) is 2.97. The van der Waals surface area contributed by atoms with Crippen molar-refractivity contribution >= 4 is 5.65 Å². The lowest BCUT2D eigenvalue weighted by atomic mass is 10.3. The molecular weight excluding hydrogens is 282 g/mol. The van der Waals surface area contributed by atoms with Crippen molar-refractivity contribution in [2.45, 2.75) is 39.2 Å². The number of fused-ring (bicyclic) bond motifs is 1. The summed E-state index contributed by atoms with van der Waals surface area (Å²) in [4.78, 5) is 9.05. The van der Waals surface area contributed by atoms with Gasteiger partial charge >= 0.3 is 0 Å². The minimum atomic E-state index is 0.213. The molecule has 1 fully saturated rings. The summed E-state index contributed by atoms with van der Waals surface area (Å²) in [6, 6.07) is 1.99. The molecule has 0 radical (unpaired) electrons. The van der Waals surface area contributed by atoms with Gasteiger partial charge in [-0.3, -0.25) is 0 Å². The number of ether oxygens (including phenoxy) is 1. The van der Waals surface area contributed by atoms with Crippen molar-refractivity contribution in [2.75, 3.05) is 6.61 Å². The zero-order chi connectivity index (χ0) is 15.3. The van der Waals surface area contributed by atoms with Crippen LogP contribution in [-0.4, -0.2) is 37.4 Å². The molecule has 7 heteroatoms. The third kappa shape index (κ3) is 2.09. The van der Waals surface area contributed by atoms with E-state index in [0.29, 0.717) is 18.3 Å². The van der Waals surface area contributed by atoms with Crippen LogP contribution in [0.1, 0.15) is 36.5 Å². The van der Waals surface area contributed by atoms with Gasteiger partial charge in [-0.25, -0.2) is 9.50 Å². The minimum absolute atomic E-state index is 0.213. The maximum atomic E-state index is 5.56. The summed E-state index contributed by atoms with van der Waals surface area (Å²) in [7, 11) is 0. The van der Waals surface area contributed by atoms with Crippen LogP contribution in [-0.2, 0) is 4.74 Å². The fourth-order valence-corrected chi connectivity index (χ4v) is 2.75. The van der Waals surface area contributed by atoms with E-state index in [1.807, 2.05) is 26.8 Å². The van der Waals surface area contributed by atoms with Crippen LogP contribution in [0, 0.1) is 13.8 Å². The maximum Gasteiger partial charge on any atom is 0.232 e. The second kappa shape index (κ2) is 4.88. The van der Waals surface area contributed by atoms with Gasteiger partial charge in [0.1, 0.15) is 0 Å². The molecule has 4 rings (SSSR count). The molecule has 0 unspecified atom stereocenters. The van der Waals surface area contributed by atoms with Crippen molar-refractivity contribution in [3.8, 4) is 11.4 Å². The van der Waals surface area contributed by atoms with E-state index in [4.69, 9.17) is 9.26 Å². The largest absolute Gasteiger partial charge is 0.378 e. The Morgan fingerprint density at radius 3 is 3.05 bits per heavy atom. The first-order chi connectivity index (χ1) is 10.7. The molecular formula is C15H17N5O2. The fourth-order valence-electron chi connectivity index (χ4n) is 2.75. The third-order valence-electron chi connectivity index (χ3n) is 3.89. The van der Waals surface area contributed by atoms with Gasteiger partial charge in [-0.15, -0.1) is 0 Å². The maximum absolute atomic E-state index is 5.56. The SMILES string of the molecule is CCO[C@H]1C[C@H]1c1nc(-c2cnn3c(C)cc(C)nc23)no1. The van der Waals surface area contributed by atoms with E-state index in [-0.39, 0.29) is 12.0 Å². The summed E-state index contributed by atoms with van der Waals surface area (Å²) in [6.45, 7) is 6.65. The first-order valence-corrected chi connectivity index (χ1v) is 7.45. The highest BCUT2D eigenvalue weighted by Gasteiger charge is 2.43. The van der Waals surface area contributed by atoms with Crippen molar-refractivity contribution in [1.82, 2.24) is 24.7 Å². The summed E-state index contributed by atoms with van der Waals surface area (Å²) in [5, 5.41) is 8.45. The van der Waals surface area contributed by atoms with E-state index in [1.54, 1.807) is 10.7 Å². The van der Waals surface area contributed by atoms with Gasteiger partial charge in [0.15, 0.2) is 5.65 Å². The topological polar surface area (TPSA) is 78.3 Å².